The third-order valence-corrected chi connectivity index (χ3v) is 5.87. The minimum atomic E-state index is -1.69. The molecule has 0 radical (unpaired) electrons. The lowest BCUT2D eigenvalue weighted by Crippen LogP contribution is -2.60. The number of rotatable bonds is 7. The van der Waals surface area contributed by atoms with Crippen molar-refractivity contribution in [1.29, 1.82) is 0 Å². The van der Waals surface area contributed by atoms with Gasteiger partial charge in [-0.15, -0.1) is 0 Å². The first-order valence-electron chi connectivity index (χ1n) is 10.8. The molecule has 1 saturated heterocycles. The van der Waals surface area contributed by atoms with Crippen LogP contribution in [0.25, 0.3) is 22.3 Å². The molecule has 5 atom stereocenters. The zero-order valence-electron chi connectivity index (χ0n) is 19.6. The van der Waals surface area contributed by atoms with Crippen LogP contribution in [0.5, 0.6) is 34.5 Å². The summed E-state index contributed by atoms with van der Waals surface area (Å²) in [6, 6.07) is 7.20. The van der Waals surface area contributed by atoms with E-state index in [-0.39, 0.29) is 45.5 Å². The van der Waals surface area contributed by atoms with Gasteiger partial charge in [0.15, 0.2) is 11.5 Å². The van der Waals surface area contributed by atoms with Gasteiger partial charge in [0.1, 0.15) is 41.3 Å². The quantitative estimate of drug-likeness (QED) is 0.250. The van der Waals surface area contributed by atoms with Crippen LogP contribution >= 0.6 is 0 Å². The highest BCUT2D eigenvalue weighted by atomic mass is 16.7. The predicted molar refractivity (Wildman–Crippen MR) is 123 cm³/mol. The third kappa shape index (κ3) is 4.52. The Morgan fingerprint density at radius 2 is 1.50 bits per heavy atom. The average Bonchev–Trinajstić information content (AvgIpc) is 2.88. The van der Waals surface area contributed by atoms with E-state index >= 15 is 0 Å². The third-order valence-electron chi connectivity index (χ3n) is 5.87. The van der Waals surface area contributed by atoms with Crippen molar-refractivity contribution in [3.8, 4) is 45.8 Å². The molecule has 0 amide bonds. The molecular weight excluding hydrogens is 480 g/mol. The molecule has 194 valence electrons. The van der Waals surface area contributed by atoms with Gasteiger partial charge in [0.25, 0.3) is 0 Å². The second-order valence-corrected chi connectivity index (χ2v) is 8.04. The SMILES string of the molecule is COc1cc(O)c2cc(O[C@@H]3OC(CO)[C@@H](O)[C@H](O)C3O)c(-c3cc(OC)c(O)c(OC)c3)[o+]c2c1. The first-order valence-corrected chi connectivity index (χ1v) is 10.8. The minimum absolute atomic E-state index is 0.0451. The highest BCUT2D eigenvalue weighted by molar-refractivity contribution is 5.89. The number of phenolic OH excluding ortho intramolecular Hbond substituents is 2. The van der Waals surface area contributed by atoms with Gasteiger partial charge in [-0.25, -0.2) is 4.42 Å². The highest BCUT2D eigenvalue weighted by Gasteiger charge is 2.45. The first kappa shape index (κ1) is 25.5. The van der Waals surface area contributed by atoms with Crippen LogP contribution in [0.4, 0.5) is 0 Å². The number of aliphatic hydroxyl groups excluding tert-OH is 4. The van der Waals surface area contributed by atoms with Crippen LogP contribution in [0.2, 0.25) is 0 Å². The number of aliphatic hydroxyl groups is 4. The summed E-state index contributed by atoms with van der Waals surface area (Å²) in [6.45, 7) is -0.646. The Morgan fingerprint density at radius 3 is 2.08 bits per heavy atom. The van der Waals surface area contributed by atoms with Crippen LogP contribution in [0.15, 0.2) is 34.7 Å². The van der Waals surface area contributed by atoms with E-state index in [9.17, 15) is 30.6 Å². The summed E-state index contributed by atoms with van der Waals surface area (Å²) >= 11 is 0. The summed E-state index contributed by atoms with van der Waals surface area (Å²) in [6.07, 6.45) is -7.69. The van der Waals surface area contributed by atoms with Gasteiger partial charge in [-0.3, -0.25) is 0 Å². The zero-order chi connectivity index (χ0) is 26.1. The van der Waals surface area contributed by atoms with E-state index in [0.29, 0.717) is 11.3 Å². The van der Waals surface area contributed by atoms with Gasteiger partial charge in [-0.1, -0.05) is 0 Å². The summed E-state index contributed by atoms with van der Waals surface area (Å²) in [5.41, 5.74) is 0.513. The Balaban J connectivity index is 1.90. The average molecular weight is 507 g/mol. The number of phenols is 2. The molecule has 4 rings (SSSR count). The summed E-state index contributed by atoms with van der Waals surface area (Å²) in [5.74, 6) is -0.0118. The van der Waals surface area contributed by atoms with Gasteiger partial charge in [-0.2, -0.15) is 0 Å². The standard InChI is InChI=1S/C24H26O12/c1-31-11-6-13(26)12-8-17(35-24-22(30)21(29)20(28)18(9-25)36-24)23(34-14(12)7-11)10-4-15(32-2)19(27)16(5-10)33-3/h4-8,18,20-22,24-25,28-30H,9H2,1-3H3,(H-,26,27)/p+1/t18?,20-,21+,22?,24-/m1/s1. The Bertz CT molecular complexity index is 1220. The number of benzene rings is 2. The number of aromatic hydroxyl groups is 2. The number of hydrogen-bond acceptors (Lipinski definition) is 11. The van der Waals surface area contributed by atoms with Gasteiger partial charge < -0.3 is 54.3 Å². The van der Waals surface area contributed by atoms with Crippen molar-refractivity contribution in [3.63, 3.8) is 0 Å². The van der Waals surface area contributed by atoms with Crippen molar-refractivity contribution in [2.24, 2.45) is 0 Å². The zero-order valence-corrected chi connectivity index (χ0v) is 19.6. The lowest BCUT2D eigenvalue weighted by Gasteiger charge is -2.39. The second kappa shape index (κ2) is 10.2. The van der Waals surface area contributed by atoms with Gasteiger partial charge in [0.05, 0.1) is 39.6 Å². The number of hydrogen-bond donors (Lipinski definition) is 6. The summed E-state index contributed by atoms with van der Waals surface area (Å²) in [7, 11) is 4.13. The number of ether oxygens (including phenoxy) is 5. The highest BCUT2D eigenvalue weighted by Crippen LogP contribution is 2.45. The van der Waals surface area contributed by atoms with Crippen molar-refractivity contribution < 1.29 is 58.7 Å². The molecule has 1 aromatic heterocycles. The van der Waals surface area contributed by atoms with E-state index in [1.807, 2.05) is 0 Å². The molecule has 0 bridgehead atoms. The molecule has 3 aromatic rings. The lowest BCUT2D eigenvalue weighted by atomic mass is 9.99. The van der Waals surface area contributed by atoms with Gasteiger partial charge in [0, 0.05) is 24.3 Å². The predicted octanol–water partition coefficient (Wildman–Crippen LogP) is 0.997. The fraction of sp³-hybridized carbons (Fsp3) is 0.375. The minimum Gasteiger partial charge on any atom is -0.507 e. The van der Waals surface area contributed by atoms with E-state index in [1.165, 1.54) is 51.7 Å². The van der Waals surface area contributed by atoms with E-state index in [4.69, 9.17) is 28.1 Å². The van der Waals surface area contributed by atoms with Crippen LogP contribution in [-0.2, 0) is 4.74 Å². The number of fused-ring (bicyclic) bond motifs is 1. The maximum atomic E-state index is 10.5. The van der Waals surface area contributed by atoms with Crippen LogP contribution in [0.3, 0.4) is 0 Å². The molecule has 36 heavy (non-hydrogen) atoms. The molecular formula is C24H27O12+. The van der Waals surface area contributed by atoms with Gasteiger partial charge >= 0.3 is 11.3 Å². The van der Waals surface area contributed by atoms with E-state index in [1.54, 1.807) is 0 Å². The molecule has 1 aliphatic rings. The van der Waals surface area contributed by atoms with E-state index in [2.05, 4.69) is 0 Å². The van der Waals surface area contributed by atoms with Crippen LogP contribution in [0, 0.1) is 0 Å². The lowest BCUT2D eigenvalue weighted by molar-refractivity contribution is -0.277. The molecule has 0 aliphatic carbocycles. The fourth-order valence-corrected chi connectivity index (χ4v) is 3.89. The van der Waals surface area contributed by atoms with E-state index < -0.39 is 37.3 Å². The van der Waals surface area contributed by atoms with Crippen LogP contribution < -0.4 is 18.9 Å². The van der Waals surface area contributed by atoms with Crippen molar-refractivity contribution in [3.05, 3.63) is 30.3 Å². The molecule has 12 heteroatoms. The van der Waals surface area contributed by atoms with Gasteiger partial charge in [-0.05, 0) is 0 Å². The first-order chi connectivity index (χ1) is 17.2. The van der Waals surface area contributed by atoms with Crippen molar-refractivity contribution in [2.45, 2.75) is 30.7 Å². The molecule has 1 aliphatic heterocycles. The summed E-state index contributed by atoms with van der Waals surface area (Å²) < 4.78 is 33.0. The topological polar surface area (TPSA) is 179 Å². The largest absolute Gasteiger partial charge is 0.507 e. The number of methoxy groups -OCH3 is 3. The molecule has 0 saturated carbocycles. The second-order valence-electron chi connectivity index (χ2n) is 8.04. The normalized spacial score (nSPS) is 23.9. The van der Waals surface area contributed by atoms with Gasteiger partial charge in [0.2, 0.25) is 17.8 Å². The molecule has 2 heterocycles. The summed E-state index contributed by atoms with van der Waals surface area (Å²) in [5, 5.41) is 61.3. The Kier molecular flexibility index (Phi) is 7.24. The van der Waals surface area contributed by atoms with Crippen LogP contribution in [0.1, 0.15) is 0 Å². The monoisotopic (exact) mass is 507 g/mol. The molecule has 1 fully saturated rings. The molecule has 6 N–H and O–H groups in total. The Labute approximate surface area is 205 Å². The van der Waals surface area contributed by atoms with E-state index in [0.717, 1.165) is 0 Å². The molecule has 0 spiro atoms. The Hall–Kier alpha value is -3.55. The molecule has 2 aromatic carbocycles. The summed E-state index contributed by atoms with van der Waals surface area (Å²) in [4.78, 5) is 0. The van der Waals surface area contributed by atoms with Crippen molar-refractivity contribution in [2.75, 3.05) is 27.9 Å². The van der Waals surface area contributed by atoms with Crippen molar-refractivity contribution >= 4 is 11.0 Å². The maximum absolute atomic E-state index is 10.5. The molecule has 12 nitrogen and oxygen atoms in total. The smallest absolute Gasteiger partial charge is 0.402 e. The maximum Gasteiger partial charge on any atom is 0.402 e. The fourth-order valence-electron chi connectivity index (χ4n) is 3.89. The molecule has 2 unspecified atom stereocenters. The van der Waals surface area contributed by atoms with Crippen molar-refractivity contribution in [1.82, 2.24) is 0 Å². The Morgan fingerprint density at radius 1 is 0.833 bits per heavy atom. The van der Waals surface area contributed by atoms with Crippen LogP contribution in [-0.4, -0.2) is 89.3 Å².